The second-order valence-electron chi connectivity index (χ2n) is 5.13. The largest absolute Gasteiger partial charge is 0.480 e. The smallest absolute Gasteiger partial charge is 0.320 e. The standard InChI is InChI=1S/C15H21NO2/c1-12(13-6-3-2-4-7-13)9-11-16-10-5-8-14(16)15(17)18/h2-4,6-7,12,14H,5,8-11H2,1H3,(H,17,18). The highest BCUT2D eigenvalue weighted by molar-refractivity contribution is 5.73. The molecule has 2 rings (SSSR count). The van der Waals surface area contributed by atoms with Gasteiger partial charge in [-0.05, 0) is 43.8 Å². The van der Waals surface area contributed by atoms with Gasteiger partial charge >= 0.3 is 5.97 Å². The Balaban J connectivity index is 1.86. The Morgan fingerprint density at radius 2 is 2.17 bits per heavy atom. The molecule has 0 aromatic heterocycles. The molecule has 0 amide bonds. The van der Waals surface area contributed by atoms with Gasteiger partial charge in [-0.1, -0.05) is 37.3 Å². The number of likely N-dealkylation sites (tertiary alicyclic amines) is 1. The van der Waals surface area contributed by atoms with Gasteiger partial charge in [0.05, 0.1) is 0 Å². The molecule has 1 aromatic carbocycles. The molecule has 1 aromatic rings. The molecule has 3 heteroatoms. The number of carboxylic acids is 1. The first-order valence-electron chi connectivity index (χ1n) is 6.70. The van der Waals surface area contributed by atoms with Gasteiger partial charge in [0, 0.05) is 0 Å². The Bertz CT molecular complexity index is 391. The number of carboxylic acid groups (broad SMARTS) is 1. The molecule has 1 heterocycles. The second-order valence-corrected chi connectivity index (χ2v) is 5.13. The highest BCUT2D eigenvalue weighted by atomic mass is 16.4. The zero-order chi connectivity index (χ0) is 13.0. The SMILES string of the molecule is CC(CCN1CCCC1C(=O)O)c1ccccc1. The van der Waals surface area contributed by atoms with Crippen LogP contribution >= 0.6 is 0 Å². The van der Waals surface area contributed by atoms with Gasteiger partial charge in [-0.2, -0.15) is 0 Å². The van der Waals surface area contributed by atoms with Crippen LogP contribution in [0.2, 0.25) is 0 Å². The fourth-order valence-electron chi connectivity index (χ4n) is 2.68. The number of nitrogens with zero attached hydrogens (tertiary/aromatic N) is 1. The van der Waals surface area contributed by atoms with E-state index in [2.05, 4.69) is 36.1 Å². The fourth-order valence-corrected chi connectivity index (χ4v) is 2.68. The molecule has 0 aliphatic carbocycles. The number of hydrogen-bond acceptors (Lipinski definition) is 2. The van der Waals surface area contributed by atoms with Crippen LogP contribution in [0.3, 0.4) is 0 Å². The van der Waals surface area contributed by atoms with Crippen molar-refractivity contribution >= 4 is 5.97 Å². The van der Waals surface area contributed by atoms with E-state index >= 15 is 0 Å². The van der Waals surface area contributed by atoms with Crippen LogP contribution in [-0.2, 0) is 4.79 Å². The van der Waals surface area contributed by atoms with Crippen LogP contribution < -0.4 is 0 Å². The molecule has 18 heavy (non-hydrogen) atoms. The van der Waals surface area contributed by atoms with Crippen molar-refractivity contribution in [2.75, 3.05) is 13.1 Å². The Kier molecular flexibility index (Phi) is 4.37. The van der Waals surface area contributed by atoms with Crippen LogP contribution in [0, 0.1) is 0 Å². The van der Waals surface area contributed by atoms with E-state index in [9.17, 15) is 4.79 Å². The molecule has 2 atom stereocenters. The van der Waals surface area contributed by atoms with Crippen molar-refractivity contribution in [3.05, 3.63) is 35.9 Å². The first kappa shape index (κ1) is 13.1. The van der Waals surface area contributed by atoms with Crippen molar-refractivity contribution in [3.8, 4) is 0 Å². The van der Waals surface area contributed by atoms with Crippen molar-refractivity contribution in [2.45, 2.75) is 38.1 Å². The molecule has 2 unspecified atom stereocenters. The van der Waals surface area contributed by atoms with E-state index in [4.69, 9.17) is 5.11 Å². The normalized spacial score (nSPS) is 21.9. The van der Waals surface area contributed by atoms with Gasteiger partial charge in [0.2, 0.25) is 0 Å². The number of aliphatic carboxylic acids is 1. The quantitative estimate of drug-likeness (QED) is 0.869. The minimum atomic E-state index is -0.667. The third-order valence-corrected chi connectivity index (χ3v) is 3.87. The summed E-state index contributed by atoms with van der Waals surface area (Å²) in [6.07, 6.45) is 2.83. The predicted molar refractivity (Wildman–Crippen MR) is 71.7 cm³/mol. The molecule has 0 bridgehead atoms. The number of hydrogen-bond donors (Lipinski definition) is 1. The van der Waals surface area contributed by atoms with Crippen molar-refractivity contribution in [1.82, 2.24) is 4.90 Å². The summed E-state index contributed by atoms with van der Waals surface area (Å²) in [6, 6.07) is 10.2. The molecule has 0 spiro atoms. The average molecular weight is 247 g/mol. The molecule has 1 aliphatic rings. The monoisotopic (exact) mass is 247 g/mol. The lowest BCUT2D eigenvalue weighted by molar-refractivity contribution is -0.142. The zero-order valence-corrected chi connectivity index (χ0v) is 10.9. The van der Waals surface area contributed by atoms with Gasteiger partial charge in [-0.3, -0.25) is 9.69 Å². The fraction of sp³-hybridized carbons (Fsp3) is 0.533. The van der Waals surface area contributed by atoms with E-state index in [-0.39, 0.29) is 6.04 Å². The summed E-state index contributed by atoms with van der Waals surface area (Å²) in [5.74, 6) is -0.180. The van der Waals surface area contributed by atoms with Crippen molar-refractivity contribution in [1.29, 1.82) is 0 Å². The maximum absolute atomic E-state index is 11.1. The summed E-state index contributed by atoms with van der Waals surface area (Å²) in [5.41, 5.74) is 1.34. The topological polar surface area (TPSA) is 40.5 Å². The van der Waals surface area contributed by atoms with E-state index < -0.39 is 5.97 Å². The third-order valence-electron chi connectivity index (χ3n) is 3.87. The predicted octanol–water partition coefficient (Wildman–Crippen LogP) is 2.73. The summed E-state index contributed by atoms with van der Waals surface area (Å²) < 4.78 is 0. The van der Waals surface area contributed by atoms with Crippen LogP contribution in [0.25, 0.3) is 0 Å². The molecule has 1 fully saturated rings. The number of carbonyl (C=O) groups is 1. The number of rotatable bonds is 5. The van der Waals surface area contributed by atoms with Crippen molar-refractivity contribution < 1.29 is 9.90 Å². The third kappa shape index (κ3) is 3.10. The highest BCUT2D eigenvalue weighted by Gasteiger charge is 2.30. The lowest BCUT2D eigenvalue weighted by Crippen LogP contribution is -2.36. The van der Waals surface area contributed by atoms with Gasteiger partial charge < -0.3 is 5.11 Å². The zero-order valence-electron chi connectivity index (χ0n) is 10.9. The first-order chi connectivity index (χ1) is 8.68. The Morgan fingerprint density at radius 1 is 1.44 bits per heavy atom. The molecule has 0 saturated carbocycles. The molecule has 1 aliphatic heterocycles. The van der Waals surface area contributed by atoms with E-state index in [1.807, 2.05) is 6.07 Å². The number of benzene rings is 1. The van der Waals surface area contributed by atoms with Crippen LogP contribution in [0.4, 0.5) is 0 Å². The average Bonchev–Trinajstić information content (AvgIpc) is 2.85. The van der Waals surface area contributed by atoms with E-state index in [1.165, 1.54) is 5.56 Å². The van der Waals surface area contributed by atoms with E-state index in [0.29, 0.717) is 5.92 Å². The van der Waals surface area contributed by atoms with Gasteiger partial charge in [0.15, 0.2) is 0 Å². The van der Waals surface area contributed by atoms with Crippen molar-refractivity contribution in [3.63, 3.8) is 0 Å². The molecule has 3 nitrogen and oxygen atoms in total. The Labute approximate surface area is 108 Å². The molecule has 98 valence electrons. The summed E-state index contributed by atoms with van der Waals surface area (Å²) >= 11 is 0. The minimum Gasteiger partial charge on any atom is -0.480 e. The maximum Gasteiger partial charge on any atom is 0.320 e. The van der Waals surface area contributed by atoms with Gasteiger partial charge in [-0.25, -0.2) is 0 Å². The van der Waals surface area contributed by atoms with Crippen molar-refractivity contribution in [2.24, 2.45) is 0 Å². The van der Waals surface area contributed by atoms with E-state index in [0.717, 1.165) is 32.4 Å². The lowest BCUT2D eigenvalue weighted by atomic mass is 9.97. The summed E-state index contributed by atoms with van der Waals surface area (Å²) in [6.45, 7) is 4.02. The molecular weight excluding hydrogens is 226 g/mol. The summed E-state index contributed by atoms with van der Waals surface area (Å²) in [5, 5.41) is 9.12. The molecular formula is C15H21NO2. The molecule has 0 radical (unpaired) electrons. The van der Waals surface area contributed by atoms with Crippen LogP contribution in [0.1, 0.15) is 37.7 Å². The van der Waals surface area contributed by atoms with Gasteiger partial charge in [0.1, 0.15) is 6.04 Å². The molecule has 1 N–H and O–H groups in total. The Morgan fingerprint density at radius 3 is 2.83 bits per heavy atom. The molecule has 1 saturated heterocycles. The van der Waals surface area contributed by atoms with Crippen LogP contribution in [0.15, 0.2) is 30.3 Å². The van der Waals surface area contributed by atoms with Crippen LogP contribution in [-0.4, -0.2) is 35.1 Å². The maximum atomic E-state index is 11.1. The summed E-state index contributed by atoms with van der Waals surface area (Å²) in [4.78, 5) is 13.2. The summed E-state index contributed by atoms with van der Waals surface area (Å²) in [7, 11) is 0. The van der Waals surface area contributed by atoms with Gasteiger partial charge in [0.25, 0.3) is 0 Å². The van der Waals surface area contributed by atoms with Gasteiger partial charge in [-0.15, -0.1) is 0 Å². The second kappa shape index (κ2) is 6.01. The minimum absolute atomic E-state index is 0.257. The van der Waals surface area contributed by atoms with Crippen LogP contribution in [0.5, 0.6) is 0 Å². The highest BCUT2D eigenvalue weighted by Crippen LogP contribution is 2.22. The lowest BCUT2D eigenvalue weighted by Gasteiger charge is -2.23. The first-order valence-corrected chi connectivity index (χ1v) is 6.70. The van der Waals surface area contributed by atoms with E-state index in [1.54, 1.807) is 0 Å². The Hall–Kier alpha value is -1.35.